The highest BCUT2D eigenvalue weighted by Crippen LogP contribution is 2.32. The number of hydrogen-bond acceptors (Lipinski definition) is 4. The minimum absolute atomic E-state index is 0.154. The van der Waals surface area contributed by atoms with Gasteiger partial charge in [0.1, 0.15) is 6.10 Å². The van der Waals surface area contributed by atoms with E-state index in [1.165, 1.54) is 0 Å². The molecule has 1 fully saturated rings. The Labute approximate surface area is 131 Å². The molecule has 1 aliphatic heterocycles. The third-order valence-electron chi connectivity index (χ3n) is 4.09. The van der Waals surface area contributed by atoms with Crippen LogP contribution in [0.15, 0.2) is 18.2 Å². The van der Waals surface area contributed by atoms with Crippen LogP contribution in [0.1, 0.15) is 25.8 Å². The predicted molar refractivity (Wildman–Crippen MR) is 84.6 cm³/mol. The van der Waals surface area contributed by atoms with E-state index >= 15 is 0 Å². The van der Waals surface area contributed by atoms with Crippen LogP contribution in [0.5, 0.6) is 11.5 Å². The van der Waals surface area contributed by atoms with E-state index in [0.717, 1.165) is 25.1 Å². The lowest BCUT2D eigenvalue weighted by atomic mass is 9.86. The van der Waals surface area contributed by atoms with Gasteiger partial charge in [0.05, 0.1) is 12.5 Å². The van der Waals surface area contributed by atoms with Gasteiger partial charge < -0.3 is 19.5 Å². The molecule has 1 aromatic carbocycles. The molecule has 1 atom stereocenters. The number of aliphatic carboxylic acids is 1. The molecule has 0 radical (unpaired) electrons. The van der Waals surface area contributed by atoms with E-state index in [0.29, 0.717) is 17.9 Å². The molecule has 0 bridgehead atoms. The van der Waals surface area contributed by atoms with Gasteiger partial charge in [-0.2, -0.15) is 0 Å². The van der Waals surface area contributed by atoms with Gasteiger partial charge in [0.25, 0.3) is 0 Å². The Kier molecular flexibility index (Phi) is 4.96. The summed E-state index contributed by atoms with van der Waals surface area (Å²) in [6.45, 7) is 5.38. The molecule has 0 aliphatic carbocycles. The number of ether oxygens (including phenoxy) is 2. The van der Waals surface area contributed by atoms with Gasteiger partial charge in [0, 0.05) is 13.1 Å². The molecule has 1 unspecified atom stereocenters. The molecular weight excluding hydrogens is 282 g/mol. The minimum Gasteiger partial charge on any atom is -0.493 e. The molecule has 2 rings (SSSR count). The van der Waals surface area contributed by atoms with Gasteiger partial charge in [-0.25, -0.2) is 0 Å². The summed E-state index contributed by atoms with van der Waals surface area (Å²) in [6.07, 6.45) is 1.60. The molecule has 5 nitrogen and oxygen atoms in total. The van der Waals surface area contributed by atoms with Crippen LogP contribution in [-0.2, 0) is 11.2 Å². The van der Waals surface area contributed by atoms with Crippen LogP contribution in [0.4, 0.5) is 0 Å². The number of rotatable bonds is 6. The highest BCUT2D eigenvalue weighted by molar-refractivity contribution is 5.74. The fourth-order valence-corrected chi connectivity index (χ4v) is 2.68. The summed E-state index contributed by atoms with van der Waals surface area (Å²) in [5.41, 5.74) is 0.133. The smallest absolute Gasteiger partial charge is 0.309 e. The van der Waals surface area contributed by atoms with Gasteiger partial charge in [-0.05, 0) is 51.4 Å². The molecule has 122 valence electrons. The third kappa shape index (κ3) is 3.91. The SMILES string of the molecule is COc1ccc(CC(C)(C)C(=O)O)cc1OC1CCN(C)C1. The first kappa shape index (κ1) is 16.6. The van der Waals surface area contributed by atoms with E-state index in [9.17, 15) is 9.90 Å². The number of benzene rings is 1. The van der Waals surface area contributed by atoms with Gasteiger partial charge in [-0.15, -0.1) is 0 Å². The average Bonchev–Trinajstić information content (AvgIpc) is 2.84. The number of carboxylic acid groups (broad SMARTS) is 1. The van der Waals surface area contributed by atoms with Gasteiger partial charge in [0.2, 0.25) is 0 Å². The van der Waals surface area contributed by atoms with Crippen molar-refractivity contribution in [3.8, 4) is 11.5 Å². The normalized spacial score (nSPS) is 19.2. The van der Waals surface area contributed by atoms with Crippen molar-refractivity contribution in [2.24, 2.45) is 5.41 Å². The van der Waals surface area contributed by atoms with Crippen LogP contribution in [-0.4, -0.2) is 49.3 Å². The predicted octanol–water partition coefficient (Wildman–Crippen LogP) is 2.43. The fourth-order valence-electron chi connectivity index (χ4n) is 2.68. The summed E-state index contributed by atoms with van der Waals surface area (Å²) < 4.78 is 11.4. The maximum Gasteiger partial charge on any atom is 0.309 e. The molecular formula is C17H25NO4. The summed E-state index contributed by atoms with van der Waals surface area (Å²) >= 11 is 0. The van der Waals surface area contributed by atoms with Crippen LogP contribution < -0.4 is 9.47 Å². The van der Waals surface area contributed by atoms with Gasteiger partial charge in [-0.1, -0.05) is 6.07 Å². The van der Waals surface area contributed by atoms with E-state index in [-0.39, 0.29) is 6.10 Å². The molecule has 1 saturated heterocycles. The number of hydrogen-bond donors (Lipinski definition) is 1. The van der Waals surface area contributed by atoms with E-state index in [2.05, 4.69) is 11.9 Å². The number of carboxylic acids is 1. The Morgan fingerprint density at radius 1 is 1.41 bits per heavy atom. The molecule has 22 heavy (non-hydrogen) atoms. The van der Waals surface area contributed by atoms with E-state index in [1.807, 2.05) is 18.2 Å². The fraction of sp³-hybridized carbons (Fsp3) is 0.588. The second-order valence-electron chi connectivity index (χ2n) is 6.64. The van der Waals surface area contributed by atoms with E-state index in [1.54, 1.807) is 21.0 Å². The van der Waals surface area contributed by atoms with Crippen molar-refractivity contribution in [3.63, 3.8) is 0 Å². The molecule has 1 aliphatic rings. The minimum atomic E-state index is -0.806. The topological polar surface area (TPSA) is 59.0 Å². The number of carbonyl (C=O) groups is 1. The first-order chi connectivity index (χ1) is 10.3. The number of likely N-dealkylation sites (N-methyl/N-ethyl adjacent to an activating group) is 1. The lowest BCUT2D eigenvalue weighted by Crippen LogP contribution is -2.26. The van der Waals surface area contributed by atoms with E-state index < -0.39 is 11.4 Å². The Morgan fingerprint density at radius 2 is 2.14 bits per heavy atom. The standard InChI is InChI=1S/C17H25NO4/c1-17(2,16(19)20)10-12-5-6-14(21-4)15(9-12)22-13-7-8-18(3)11-13/h5-6,9,13H,7-8,10-11H2,1-4H3,(H,19,20). The van der Waals surface area contributed by atoms with Crippen LogP contribution in [0.2, 0.25) is 0 Å². The van der Waals surface area contributed by atoms with Crippen molar-refractivity contribution in [1.82, 2.24) is 4.90 Å². The highest BCUT2D eigenvalue weighted by Gasteiger charge is 2.28. The molecule has 0 saturated carbocycles. The molecule has 0 amide bonds. The number of nitrogens with zero attached hydrogens (tertiary/aromatic N) is 1. The second-order valence-corrected chi connectivity index (χ2v) is 6.64. The van der Waals surface area contributed by atoms with Crippen LogP contribution in [0.25, 0.3) is 0 Å². The van der Waals surface area contributed by atoms with Crippen molar-refractivity contribution in [1.29, 1.82) is 0 Å². The maximum absolute atomic E-state index is 11.3. The Balaban J connectivity index is 2.17. The van der Waals surface area contributed by atoms with Crippen LogP contribution in [0, 0.1) is 5.41 Å². The Hall–Kier alpha value is -1.75. The maximum atomic E-state index is 11.3. The second kappa shape index (κ2) is 6.57. The van der Waals surface area contributed by atoms with Crippen molar-refractivity contribution in [2.75, 3.05) is 27.2 Å². The molecule has 1 N–H and O–H groups in total. The van der Waals surface area contributed by atoms with Crippen LogP contribution in [0.3, 0.4) is 0 Å². The number of methoxy groups -OCH3 is 1. The monoisotopic (exact) mass is 307 g/mol. The molecule has 5 heteroatoms. The van der Waals surface area contributed by atoms with E-state index in [4.69, 9.17) is 9.47 Å². The number of likely N-dealkylation sites (tertiary alicyclic amines) is 1. The largest absolute Gasteiger partial charge is 0.493 e. The summed E-state index contributed by atoms with van der Waals surface area (Å²) in [4.78, 5) is 13.5. The van der Waals surface area contributed by atoms with Crippen molar-refractivity contribution >= 4 is 5.97 Å². The lowest BCUT2D eigenvalue weighted by Gasteiger charge is -2.21. The Morgan fingerprint density at radius 3 is 2.68 bits per heavy atom. The average molecular weight is 307 g/mol. The zero-order valence-corrected chi connectivity index (χ0v) is 13.8. The summed E-state index contributed by atoms with van der Waals surface area (Å²) in [6, 6.07) is 5.65. The summed E-state index contributed by atoms with van der Waals surface area (Å²) in [7, 11) is 3.69. The molecule has 1 aromatic rings. The third-order valence-corrected chi connectivity index (χ3v) is 4.09. The van der Waals surface area contributed by atoms with Crippen molar-refractivity contribution < 1.29 is 19.4 Å². The highest BCUT2D eigenvalue weighted by atomic mass is 16.5. The lowest BCUT2D eigenvalue weighted by molar-refractivity contribution is -0.146. The molecule has 0 spiro atoms. The first-order valence-electron chi connectivity index (χ1n) is 7.57. The molecule has 1 heterocycles. The van der Waals surface area contributed by atoms with Crippen LogP contribution >= 0.6 is 0 Å². The van der Waals surface area contributed by atoms with Gasteiger partial charge in [-0.3, -0.25) is 4.79 Å². The summed E-state index contributed by atoms with van der Waals surface area (Å²) in [5.74, 6) is 0.580. The first-order valence-corrected chi connectivity index (χ1v) is 7.57. The van der Waals surface area contributed by atoms with Gasteiger partial charge in [0.15, 0.2) is 11.5 Å². The van der Waals surface area contributed by atoms with Crippen molar-refractivity contribution in [3.05, 3.63) is 23.8 Å². The zero-order chi connectivity index (χ0) is 16.3. The Bertz CT molecular complexity index is 541. The quantitative estimate of drug-likeness (QED) is 0.874. The zero-order valence-electron chi connectivity index (χ0n) is 13.8. The van der Waals surface area contributed by atoms with Gasteiger partial charge >= 0.3 is 5.97 Å². The van der Waals surface area contributed by atoms with Crippen molar-refractivity contribution in [2.45, 2.75) is 32.8 Å². The summed E-state index contributed by atoms with van der Waals surface area (Å²) in [5, 5.41) is 9.27. The molecule has 0 aromatic heterocycles.